The Bertz CT molecular complexity index is 372. The predicted molar refractivity (Wildman–Crippen MR) is 89.3 cm³/mol. The van der Waals surface area contributed by atoms with Crippen LogP contribution < -0.4 is 0 Å². The van der Waals surface area contributed by atoms with Gasteiger partial charge in [0, 0.05) is 8.07 Å². The van der Waals surface area contributed by atoms with Crippen LogP contribution in [0.1, 0.15) is 59.8 Å². The smallest absolute Gasteiger partial charge is 0.0482 e. The molecular formula is C18H34Si. The third-order valence-electron chi connectivity index (χ3n) is 6.21. The van der Waals surface area contributed by atoms with Crippen molar-refractivity contribution >= 4 is 8.07 Å². The Labute approximate surface area is 122 Å². The van der Waals surface area contributed by atoms with Gasteiger partial charge in [0.1, 0.15) is 0 Å². The van der Waals surface area contributed by atoms with Crippen molar-refractivity contribution in [2.45, 2.75) is 85.0 Å². The summed E-state index contributed by atoms with van der Waals surface area (Å²) in [5.41, 5.74) is 5.18. The van der Waals surface area contributed by atoms with Crippen molar-refractivity contribution in [3.05, 3.63) is 11.1 Å². The van der Waals surface area contributed by atoms with Crippen LogP contribution in [0.5, 0.6) is 0 Å². The molecule has 0 N–H and O–H groups in total. The first-order valence-corrected chi connectivity index (χ1v) is 11.9. The molecule has 3 atom stereocenters. The molecule has 19 heavy (non-hydrogen) atoms. The van der Waals surface area contributed by atoms with Crippen molar-refractivity contribution in [1.29, 1.82) is 0 Å². The van der Waals surface area contributed by atoms with Gasteiger partial charge in [-0.2, -0.15) is 0 Å². The molecule has 0 heterocycles. The van der Waals surface area contributed by atoms with Crippen LogP contribution in [0.3, 0.4) is 0 Å². The Morgan fingerprint density at radius 1 is 1.21 bits per heavy atom. The average molecular weight is 279 g/mol. The largest absolute Gasteiger partial charge is 0.0736 e. The van der Waals surface area contributed by atoms with Crippen molar-refractivity contribution < 1.29 is 0 Å². The summed E-state index contributed by atoms with van der Waals surface area (Å²) in [6.45, 7) is 17.7. The summed E-state index contributed by atoms with van der Waals surface area (Å²) in [5.74, 6) is 1.79. The first-order valence-electron chi connectivity index (χ1n) is 8.35. The summed E-state index contributed by atoms with van der Waals surface area (Å²) < 4.78 is 0. The standard InChI is InChI=1S/C18H34Si/c1-13(2)15-11-16-14(3)9-8-10-18(16,4)17(12-15)19(5,6)7/h13,15,17H,8-12H2,1-7H3/t15-,17+,18+/m0/s1. The summed E-state index contributed by atoms with van der Waals surface area (Å²) in [5, 5.41) is 0. The third kappa shape index (κ3) is 2.73. The van der Waals surface area contributed by atoms with E-state index in [2.05, 4.69) is 47.3 Å². The van der Waals surface area contributed by atoms with Crippen molar-refractivity contribution in [3.63, 3.8) is 0 Å². The van der Waals surface area contributed by atoms with E-state index in [0.29, 0.717) is 5.41 Å². The van der Waals surface area contributed by atoms with E-state index in [-0.39, 0.29) is 0 Å². The van der Waals surface area contributed by atoms with Crippen molar-refractivity contribution in [2.24, 2.45) is 17.3 Å². The maximum atomic E-state index is 2.62. The lowest BCUT2D eigenvalue weighted by Crippen LogP contribution is -2.46. The van der Waals surface area contributed by atoms with E-state index in [1.54, 1.807) is 5.57 Å². The first kappa shape index (κ1) is 15.3. The van der Waals surface area contributed by atoms with Gasteiger partial charge in [-0.1, -0.05) is 51.6 Å². The number of hydrogen-bond acceptors (Lipinski definition) is 0. The molecule has 0 saturated heterocycles. The van der Waals surface area contributed by atoms with Gasteiger partial charge in [0.2, 0.25) is 0 Å². The van der Waals surface area contributed by atoms with Crippen LogP contribution in [0, 0.1) is 17.3 Å². The van der Waals surface area contributed by atoms with E-state index < -0.39 is 8.07 Å². The minimum Gasteiger partial charge on any atom is -0.0736 e. The molecule has 2 rings (SSSR count). The summed E-state index contributed by atoms with van der Waals surface area (Å²) in [4.78, 5) is 0. The van der Waals surface area contributed by atoms with Crippen LogP contribution >= 0.6 is 0 Å². The van der Waals surface area contributed by atoms with E-state index in [1.165, 1.54) is 32.1 Å². The molecule has 1 fully saturated rings. The second-order valence-electron chi connectivity index (χ2n) is 8.89. The highest BCUT2D eigenvalue weighted by Crippen LogP contribution is 2.60. The fraction of sp³-hybridized carbons (Fsp3) is 0.889. The van der Waals surface area contributed by atoms with E-state index in [9.17, 15) is 0 Å². The Morgan fingerprint density at radius 2 is 1.84 bits per heavy atom. The van der Waals surface area contributed by atoms with Gasteiger partial charge in [-0.25, -0.2) is 0 Å². The zero-order valence-electron chi connectivity index (χ0n) is 14.3. The fourth-order valence-corrected chi connectivity index (χ4v) is 8.27. The highest BCUT2D eigenvalue weighted by molar-refractivity contribution is 6.77. The van der Waals surface area contributed by atoms with Crippen molar-refractivity contribution in [1.82, 2.24) is 0 Å². The third-order valence-corrected chi connectivity index (χ3v) is 9.18. The highest BCUT2D eigenvalue weighted by atomic mass is 28.3. The molecular weight excluding hydrogens is 244 g/mol. The van der Waals surface area contributed by atoms with Gasteiger partial charge in [0.05, 0.1) is 0 Å². The van der Waals surface area contributed by atoms with Gasteiger partial charge in [-0.05, 0) is 61.8 Å². The minimum atomic E-state index is -1.09. The maximum absolute atomic E-state index is 2.62. The molecule has 1 saturated carbocycles. The Kier molecular flexibility index (Phi) is 4.08. The summed E-state index contributed by atoms with van der Waals surface area (Å²) >= 11 is 0. The van der Waals surface area contributed by atoms with Crippen molar-refractivity contribution in [2.75, 3.05) is 0 Å². The topological polar surface area (TPSA) is 0 Å². The molecule has 0 aromatic heterocycles. The van der Waals surface area contributed by atoms with Crippen molar-refractivity contribution in [3.8, 4) is 0 Å². The quantitative estimate of drug-likeness (QED) is 0.412. The summed E-state index contributed by atoms with van der Waals surface area (Å²) in [6.07, 6.45) is 7.16. The molecule has 0 spiro atoms. The number of fused-ring (bicyclic) bond motifs is 1. The fourth-order valence-electron chi connectivity index (χ4n) is 5.03. The molecule has 0 bridgehead atoms. The van der Waals surface area contributed by atoms with E-state index in [0.717, 1.165) is 17.4 Å². The lowest BCUT2D eigenvalue weighted by atomic mass is 9.60. The number of allylic oxidation sites excluding steroid dienone is 2. The van der Waals surface area contributed by atoms with Crippen LogP contribution in [-0.4, -0.2) is 8.07 Å². The molecule has 0 nitrogen and oxygen atoms in total. The monoisotopic (exact) mass is 278 g/mol. The average Bonchev–Trinajstić information content (AvgIpc) is 2.26. The first-order chi connectivity index (χ1) is 8.66. The van der Waals surface area contributed by atoms with Gasteiger partial charge < -0.3 is 0 Å². The van der Waals surface area contributed by atoms with Gasteiger partial charge in [-0.15, -0.1) is 0 Å². The SMILES string of the molecule is CC1=C2C[C@H](C(C)C)C[C@@H]([Si](C)(C)C)[C@]2(C)CCC1. The molecule has 0 aromatic rings. The van der Waals surface area contributed by atoms with E-state index >= 15 is 0 Å². The molecule has 0 amide bonds. The van der Waals surface area contributed by atoms with E-state index in [4.69, 9.17) is 0 Å². The lowest BCUT2D eigenvalue weighted by molar-refractivity contribution is 0.182. The van der Waals surface area contributed by atoms with Gasteiger partial charge in [0.25, 0.3) is 0 Å². The van der Waals surface area contributed by atoms with Crippen LogP contribution in [-0.2, 0) is 0 Å². The van der Waals surface area contributed by atoms with Crippen LogP contribution in [0.2, 0.25) is 25.2 Å². The molecule has 0 unspecified atom stereocenters. The van der Waals surface area contributed by atoms with Gasteiger partial charge >= 0.3 is 0 Å². The highest BCUT2D eigenvalue weighted by Gasteiger charge is 2.50. The van der Waals surface area contributed by atoms with Gasteiger partial charge in [0.15, 0.2) is 0 Å². The lowest BCUT2D eigenvalue weighted by Gasteiger charge is -2.54. The predicted octanol–water partition coefficient (Wildman–Crippen LogP) is 6.27. The molecule has 2 aliphatic carbocycles. The van der Waals surface area contributed by atoms with E-state index in [1.807, 2.05) is 5.57 Å². The number of rotatable bonds is 2. The Morgan fingerprint density at radius 3 is 2.37 bits per heavy atom. The normalized spacial score (nSPS) is 36.6. The molecule has 2 aliphatic rings. The second kappa shape index (κ2) is 5.06. The second-order valence-corrected chi connectivity index (χ2v) is 14.3. The molecule has 0 radical (unpaired) electrons. The molecule has 0 aromatic carbocycles. The minimum absolute atomic E-state index is 0.554. The Balaban J connectivity index is 2.44. The summed E-state index contributed by atoms with van der Waals surface area (Å²) in [7, 11) is -1.09. The van der Waals surface area contributed by atoms with Gasteiger partial charge in [-0.3, -0.25) is 0 Å². The van der Waals surface area contributed by atoms with Crippen LogP contribution in [0.25, 0.3) is 0 Å². The molecule has 1 heteroatoms. The Hall–Kier alpha value is -0.0431. The maximum Gasteiger partial charge on any atom is 0.0482 e. The van der Waals surface area contributed by atoms with Crippen LogP contribution in [0.4, 0.5) is 0 Å². The molecule has 0 aliphatic heterocycles. The number of hydrogen-bond donors (Lipinski definition) is 0. The zero-order valence-corrected chi connectivity index (χ0v) is 15.3. The zero-order chi connectivity index (χ0) is 14.4. The molecule has 110 valence electrons. The summed E-state index contributed by atoms with van der Waals surface area (Å²) in [6, 6.07) is 0. The van der Waals surface area contributed by atoms with Crippen LogP contribution in [0.15, 0.2) is 11.1 Å².